The standard InChI is InChI=1S/C14H27N3/c1-17-12-6-7-13(17)9-11(8-12)14(16-15)10-4-2-3-5-10/h10-14,16H,2-9,15H2,1H3. The quantitative estimate of drug-likeness (QED) is 0.582. The van der Waals surface area contributed by atoms with E-state index < -0.39 is 0 Å². The van der Waals surface area contributed by atoms with E-state index in [0.717, 1.165) is 23.9 Å². The first-order chi connectivity index (χ1) is 8.29. The molecule has 0 aromatic heterocycles. The Kier molecular flexibility index (Phi) is 3.42. The van der Waals surface area contributed by atoms with Crippen LogP contribution in [-0.2, 0) is 0 Å². The highest BCUT2D eigenvalue weighted by atomic mass is 15.2. The molecule has 3 heteroatoms. The number of hydrogen-bond donors (Lipinski definition) is 2. The molecule has 3 N–H and O–H groups in total. The first-order valence-electron chi connectivity index (χ1n) is 7.47. The van der Waals surface area contributed by atoms with Crippen LogP contribution in [-0.4, -0.2) is 30.1 Å². The lowest BCUT2D eigenvalue weighted by atomic mass is 9.79. The average molecular weight is 237 g/mol. The maximum Gasteiger partial charge on any atom is 0.0268 e. The summed E-state index contributed by atoms with van der Waals surface area (Å²) in [6.45, 7) is 0. The summed E-state index contributed by atoms with van der Waals surface area (Å²) in [6, 6.07) is 2.28. The molecule has 0 spiro atoms. The van der Waals surface area contributed by atoms with Crippen LogP contribution < -0.4 is 11.3 Å². The molecule has 0 radical (unpaired) electrons. The second-order valence-corrected chi connectivity index (χ2v) is 6.52. The van der Waals surface area contributed by atoms with Gasteiger partial charge in [-0.2, -0.15) is 0 Å². The third-order valence-corrected chi connectivity index (χ3v) is 5.74. The molecule has 2 saturated heterocycles. The van der Waals surface area contributed by atoms with Gasteiger partial charge in [-0.1, -0.05) is 12.8 Å². The third kappa shape index (κ3) is 2.13. The second-order valence-electron chi connectivity index (χ2n) is 6.52. The first-order valence-corrected chi connectivity index (χ1v) is 7.47. The van der Waals surface area contributed by atoms with Gasteiger partial charge in [0.25, 0.3) is 0 Å². The monoisotopic (exact) mass is 237 g/mol. The molecule has 17 heavy (non-hydrogen) atoms. The topological polar surface area (TPSA) is 41.3 Å². The van der Waals surface area contributed by atoms with Crippen molar-refractivity contribution in [2.45, 2.75) is 69.5 Å². The van der Waals surface area contributed by atoms with Gasteiger partial charge >= 0.3 is 0 Å². The van der Waals surface area contributed by atoms with Crippen LogP contribution >= 0.6 is 0 Å². The SMILES string of the molecule is CN1C2CCC1CC(C(NN)C1CCCC1)C2. The molecular formula is C14H27N3. The Bertz CT molecular complexity index is 248. The van der Waals surface area contributed by atoms with Gasteiger partial charge in [0.1, 0.15) is 0 Å². The molecule has 3 aliphatic rings. The summed E-state index contributed by atoms with van der Waals surface area (Å²) in [6.07, 6.45) is 11.2. The Balaban J connectivity index is 1.67. The maximum absolute atomic E-state index is 5.87. The summed E-state index contributed by atoms with van der Waals surface area (Å²) in [5.41, 5.74) is 3.18. The smallest absolute Gasteiger partial charge is 0.0268 e. The zero-order valence-corrected chi connectivity index (χ0v) is 11.1. The van der Waals surface area contributed by atoms with Gasteiger partial charge < -0.3 is 4.90 Å². The van der Waals surface area contributed by atoms with Crippen molar-refractivity contribution in [3.63, 3.8) is 0 Å². The summed E-state index contributed by atoms with van der Waals surface area (Å²) >= 11 is 0. The van der Waals surface area contributed by atoms with E-state index in [1.54, 1.807) is 0 Å². The lowest BCUT2D eigenvalue weighted by Gasteiger charge is -2.41. The van der Waals surface area contributed by atoms with Gasteiger partial charge in [-0.05, 0) is 57.4 Å². The fraction of sp³-hybridized carbons (Fsp3) is 1.00. The molecule has 2 heterocycles. The van der Waals surface area contributed by atoms with Crippen molar-refractivity contribution in [3.8, 4) is 0 Å². The van der Waals surface area contributed by atoms with Gasteiger partial charge in [-0.3, -0.25) is 11.3 Å². The molecule has 0 aromatic carbocycles. The average Bonchev–Trinajstić information content (AvgIpc) is 2.88. The normalized spacial score (nSPS) is 40.9. The number of hydrazine groups is 1. The number of nitrogens with zero attached hydrogens (tertiary/aromatic N) is 1. The summed E-state index contributed by atoms with van der Waals surface area (Å²) in [7, 11) is 2.32. The van der Waals surface area contributed by atoms with Crippen molar-refractivity contribution >= 4 is 0 Å². The first kappa shape index (κ1) is 11.9. The van der Waals surface area contributed by atoms with Gasteiger partial charge in [-0.25, -0.2) is 0 Å². The lowest BCUT2D eigenvalue weighted by Crippen LogP contribution is -2.51. The van der Waals surface area contributed by atoms with Crippen LogP contribution in [0.2, 0.25) is 0 Å². The molecule has 3 nitrogen and oxygen atoms in total. The largest absolute Gasteiger partial charge is 0.300 e. The number of nitrogens with one attached hydrogen (secondary N) is 1. The molecule has 3 atom stereocenters. The van der Waals surface area contributed by atoms with Crippen LogP contribution in [0.5, 0.6) is 0 Å². The van der Waals surface area contributed by atoms with Crippen molar-refractivity contribution in [3.05, 3.63) is 0 Å². The molecule has 1 saturated carbocycles. The van der Waals surface area contributed by atoms with Crippen molar-refractivity contribution in [1.29, 1.82) is 0 Å². The van der Waals surface area contributed by atoms with E-state index in [9.17, 15) is 0 Å². The Labute approximate surface area is 105 Å². The molecule has 3 unspecified atom stereocenters. The molecule has 2 aliphatic heterocycles. The van der Waals surface area contributed by atoms with Gasteiger partial charge in [0, 0.05) is 18.1 Å². The van der Waals surface area contributed by atoms with Crippen LogP contribution in [0.3, 0.4) is 0 Å². The van der Waals surface area contributed by atoms with Crippen molar-refractivity contribution < 1.29 is 0 Å². The predicted molar refractivity (Wildman–Crippen MR) is 70.4 cm³/mol. The Morgan fingerprint density at radius 1 is 1.00 bits per heavy atom. The van der Waals surface area contributed by atoms with Gasteiger partial charge in [0.05, 0.1) is 0 Å². The van der Waals surface area contributed by atoms with E-state index in [-0.39, 0.29) is 0 Å². The summed E-state index contributed by atoms with van der Waals surface area (Å²) in [4.78, 5) is 2.62. The number of hydrogen-bond acceptors (Lipinski definition) is 3. The third-order valence-electron chi connectivity index (χ3n) is 5.74. The van der Waals surface area contributed by atoms with Crippen molar-refractivity contribution in [2.24, 2.45) is 17.7 Å². The zero-order valence-electron chi connectivity index (χ0n) is 11.1. The van der Waals surface area contributed by atoms with Crippen molar-refractivity contribution in [1.82, 2.24) is 10.3 Å². The van der Waals surface area contributed by atoms with E-state index in [0.29, 0.717) is 6.04 Å². The molecule has 3 rings (SSSR count). The van der Waals surface area contributed by atoms with Crippen LogP contribution in [0.25, 0.3) is 0 Å². The highest BCUT2D eigenvalue weighted by Crippen LogP contribution is 2.42. The highest BCUT2D eigenvalue weighted by molar-refractivity contribution is 4.98. The van der Waals surface area contributed by atoms with E-state index in [1.807, 2.05) is 0 Å². The molecular weight excluding hydrogens is 210 g/mol. The van der Waals surface area contributed by atoms with Crippen LogP contribution in [0.1, 0.15) is 51.4 Å². The van der Waals surface area contributed by atoms with E-state index in [1.165, 1.54) is 51.4 Å². The Morgan fingerprint density at radius 3 is 2.12 bits per heavy atom. The minimum absolute atomic E-state index is 0.592. The number of nitrogens with two attached hydrogens (primary N) is 1. The van der Waals surface area contributed by atoms with Gasteiger partial charge in [0.2, 0.25) is 0 Å². The molecule has 0 amide bonds. The number of fused-ring (bicyclic) bond motifs is 2. The predicted octanol–water partition coefficient (Wildman–Crippen LogP) is 1.88. The van der Waals surface area contributed by atoms with E-state index in [2.05, 4.69) is 17.4 Å². The summed E-state index contributed by atoms with van der Waals surface area (Å²) in [5, 5.41) is 0. The van der Waals surface area contributed by atoms with Crippen LogP contribution in [0.15, 0.2) is 0 Å². The highest BCUT2D eigenvalue weighted by Gasteiger charge is 2.42. The van der Waals surface area contributed by atoms with Gasteiger partial charge in [-0.15, -0.1) is 0 Å². The maximum atomic E-state index is 5.87. The summed E-state index contributed by atoms with van der Waals surface area (Å²) < 4.78 is 0. The van der Waals surface area contributed by atoms with Crippen LogP contribution in [0.4, 0.5) is 0 Å². The summed E-state index contributed by atoms with van der Waals surface area (Å²) in [5.74, 6) is 7.55. The number of piperidine rings is 1. The second kappa shape index (κ2) is 4.87. The Hall–Kier alpha value is -0.120. The molecule has 0 aromatic rings. The van der Waals surface area contributed by atoms with E-state index >= 15 is 0 Å². The molecule has 2 bridgehead atoms. The van der Waals surface area contributed by atoms with Gasteiger partial charge in [0.15, 0.2) is 0 Å². The van der Waals surface area contributed by atoms with E-state index in [4.69, 9.17) is 5.84 Å². The van der Waals surface area contributed by atoms with Crippen molar-refractivity contribution in [2.75, 3.05) is 7.05 Å². The van der Waals surface area contributed by atoms with Crippen LogP contribution in [0, 0.1) is 11.8 Å². The molecule has 98 valence electrons. The minimum atomic E-state index is 0.592. The zero-order chi connectivity index (χ0) is 11.8. The fourth-order valence-electron chi connectivity index (χ4n) is 4.72. The Morgan fingerprint density at radius 2 is 1.59 bits per heavy atom. The number of rotatable bonds is 3. The lowest BCUT2D eigenvalue weighted by molar-refractivity contribution is 0.0958. The minimum Gasteiger partial charge on any atom is -0.300 e. The fourth-order valence-corrected chi connectivity index (χ4v) is 4.72. The molecule has 1 aliphatic carbocycles. The molecule has 3 fully saturated rings.